The van der Waals surface area contributed by atoms with Gasteiger partial charge in [0.15, 0.2) is 11.5 Å². The van der Waals surface area contributed by atoms with Crippen LogP contribution >= 0.6 is 0 Å². The third-order valence-electron chi connectivity index (χ3n) is 2.58. The number of nitrogen functional groups attached to an aromatic ring is 1. The largest absolute Gasteiger partial charge is 0.454 e. The van der Waals surface area contributed by atoms with E-state index in [2.05, 4.69) is 11.2 Å². The Bertz CT molecular complexity index is 544. The molecule has 1 heterocycles. The van der Waals surface area contributed by atoms with Crippen LogP contribution in [0.25, 0.3) is 0 Å². The van der Waals surface area contributed by atoms with E-state index in [-0.39, 0.29) is 12.7 Å². The van der Waals surface area contributed by atoms with E-state index in [9.17, 15) is 4.79 Å². The maximum Gasteiger partial charge on any atom is 0.254 e. The zero-order chi connectivity index (χ0) is 13.3. The molecule has 1 aliphatic heterocycles. The van der Waals surface area contributed by atoms with Gasteiger partial charge >= 0.3 is 0 Å². The number of nitrogens with one attached hydrogen (secondary N) is 1. The lowest BCUT2D eigenvalue weighted by atomic mass is 10.1. The van der Waals surface area contributed by atoms with Crippen LogP contribution in [0.15, 0.2) is 12.1 Å². The summed E-state index contributed by atoms with van der Waals surface area (Å²) in [4.78, 5) is 12.1. The highest BCUT2D eigenvalue weighted by Crippen LogP contribution is 2.35. The molecule has 1 aromatic rings. The molecule has 0 saturated heterocycles. The van der Waals surface area contributed by atoms with E-state index >= 15 is 0 Å². The van der Waals surface area contributed by atoms with Gasteiger partial charge in [0.1, 0.15) is 0 Å². The van der Waals surface area contributed by atoms with Crippen LogP contribution in [0.5, 0.6) is 11.5 Å². The van der Waals surface area contributed by atoms with Gasteiger partial charge in [-0.25, -0.2) is 0 Å². The Hall–Kier alpha value is -2.35. The summed E-state index contributed by atoms with van der Waals surface area (Å²) >= 11 is 0. The van der Waals surface area contributed by atoms with Gasteiger partial charge in [-0.05, 0) is 19.9 Å². The number of terminal acetylenes is 1. The molecule has 3 N–H and O–H groups in total. The minimum Gasteiger partial charge on any atom is -0.454 e. The number of amides is 1. The van der Waals surface area contributed by atoms with Crippen molar-refractivity contribution in [3.63, 3.8) is 0 Å². The first-order valence-corrected chi connectivity index (χ1v) is 5.42. The van der Waals surface area contributed by atoms with E-state index in [1.807, 2.05) is 0 Å². The average molecular weight is 246 g/mol. The Morgan fingerprint density at radius 1 is 1.44 bits per heavy atom. The molecule has 5 heteroatoms. The van der Waals surface area contributed by atoms with Crippen molar-refractivity contribution in [3.8, 4) is 23.8 Å². The highest BCUT2D eigenvalue weighted by molar-refractivity contribution is 6.00. The first-order valence-electron chi connectivity index (χ1n) is 5.42. The summed E-state index contributed by atoms with van der Waals surface area (Å²) in [5, 5.41) is 2.70. The van der Waals surface area contributed by atoms with Crippen molar-refractivity contribution in [1.29, 1.82) is 0 Å². The summed E-state index contributed by atoms with van der Waals surface area (Å²) < 4.78 is 10.4. The maximum absolute atomic E-state index is 12.1. The molecule has 2 rings (SSSR count). The SMILES string of the molecule is C#CC(C)(C)NC(=O)c1cc2c(cc1N)OCO2. The molecule has 0 saturated carbocycles. The van der Waals surface area contributed by atoms with Crippen molar-refractivity contribution in [3.05, 3.63) is 17.7 Å². The molecule has 0 aliphatic carbocycles. The van der Waals surface area contributed by atoms with Crippen LogP contribution in [0.1, 0.15) is 24.2 Å². The van der Waals surface area contributed by atoms with Crippen LogP contribution in [0.3, 0.4) is 0 Å². The topological polar surface area (TPSA) is 73.6 Å². The fourth-order valence-corrected chi connectivity index (χ4v) is 1.54. The third-order valence-corrected chi connectivity index (χ3v) is 2.58. The number of carbonyl (C=O) groups excluding carboxylic acids is 1. The smallest absolute Gasteiger partial charge is 0.254 e. The molecule has 0 atom stereocenters. The number of carbonyl (C=O) groups is 1. The number of ether oxygens (including phenoxy) is 2. The van der Waals surface area contributed by atoms with Crippen LogP contribution in [0.4, 0.5) is 5.69 Å². The predicted octanol–water partition coefficient (Wildman–Crippen LogP) is 1.14. The summed E-state index contributed by atoms with van der Waals surface area (Å²) in [5.41, 5.74) is 5.72. The standard InChI is InChI=1S/C13H14N2O3/c1-4-13(2,3)15-12(16)8-5-10-11(6-9(8)14)18-7-17-10/h1,5-6H,7,14H2,2-3H3,(H,15,16). The van der Waals surface area contributed by atoms with Crippen LogP contribution in [-0.2, 0) is 0 Å². The predicted molar refractivity (Wildman–Crippen MR) is 67.4 cm³/mol. The molecule has 0 unspecified atom stereocenters. The Labute approximate surface area is 105 Å². The van der Waals surface area contributed by atoms with Gasteiger partial charge < -0.3 is 20.5 Å². The van der Waals surface area contributed by atoms with Crippen molar-refractivity contribution in [2.24, 2.45) is 0 Å². The first-order chi connectivity index (χ1) is 8.43. The molecule has 18 heavy (non-hydrogen) atoms. The van der Waals surface area contributed by atoms with Gasteiger partial charge in [-0.3, -0.25) is 4.79 Å². The summed E-state index contributed by atoms with van der Waals surface area (Å²) in [5.74, 6) is 3.20. The Balaban J connectivity index is 2.29. The van der Waals surface area contributed by atoms with Crippen molar-refractivity contribution in [2.75, 3.05) is 12.5 Å². The number of anilines is 1. The fraction of sp³-hybridized carbons (Fsp3) is 0.308. The summed E-state index contributed by atoms with van der Waals surface area (Å²) in [6.45, 7) is 3.60. The van der Waals surface area contributed by atoms with Gasteiger partial charge in [0.25, 0.3) is 5.91 Å². The van der Waals surface area contributed by atoms with Crippen molar-refractivity contribution < 1.29 is 14.3 Å². The number of fused-ring (bicyclic) bond motifs is 1. The molecule has 5 nitrogen and oxygen atoms in total. The van der Waals surface area contributed by atoms with Gasteiger partial charge in [0, 0.05) is 11.8 Å². The molecule has 0 spiro atoms. The van der Waals surface area contributed by atoms with E-state index in [1.54, 1.807) is 26.0 Å². The van der Waals surface area contributed by atoms with Gasteiger partial charge in [-0.1, -0.05) is 5.92 Å². The second kappa shape index (κ2) is 4.15. The van der Waals surface area contributed by atoms with Crippen molar-refractivity contribution >= 4 is 11.6 Å². The van der Waals surface area contributed by atoms with Gasteiger partial charge in [-0.2, -0.15) is 0 Å². The number of nitrogens with two attached hydrogens (primary N) is 1. The van der Waals surface area contributed by atoms with E-state index in [1.165, 1.54) is 0 Å². The van der Waals surface area contributed by atoms with Gasteiger partial charge in [-0.15, -0.1) is 6.42 Å². The molecule has 1 aromatic carbocycles. The van der Waals surface area contributed by atoms with Gasteiger partial charge in [0.2, 0.25) is 6.79 Å². The molecule has 94 valence electrons. The van der Waals surface area contributed by atoms with Crippen LogP contribution in [0.2, 0.25) is 0 Å². The fourth-order valence-electron chi connectivity index (χ4n) is 1.54. The van der Waals surface area contributed by atoms with E-state index in [0.717, 1.165) is 0 Å². The zero-order valence-electron chi connectivity index (χ0n) is 10.2. The highest BCUT2D eigenvalue weighted by Gasteiger charge is 2.23. The summed E-state index contributed by atoms with van der Waals surface area (Å²) in [7, 11) is 0. The zero-order valence-corrected chi connectivity index (χ0v) is 10.2. The molecule has 0 bridgehead atoms. The minimum atomic E-state index is -0.736. The molecule has 0 radical (unpaired) electrons. The molecule has 0 aromatic heterocycles. The van der Waals surface area contributed by atoms with E-state index in [4.69, 9.17) is 21.6 Å². The molecule has 1 amide bonds. The third kappa shape index (κ3) is 2.18. The number of hydrogen-bond acceptors (Lipinski definition) is 4. The summed E-state index contributed by atoms with van der Waals surface area (Å²) in [6.07, 6.45) is 5.32. The average Bonchev–Trinajstić information content (AvgIpc) is 2.74. The lowest BCUT2D eigenvalue weighted by Crippen LogP contribution is -2.42. The number of benzene rings is 1. The first kappa shape index (κ1) is 12.1. The second-order valence-electron chi connectivity index (χ2n) is 4.52. The Kier molecular flexibility index (Phi) is 2.79. The lowest BCUT2D eigenvalue weighted by Gasteiger charge is -2.20. The normalized spacial score (nSPS) is 12.9. The van der Waals surface area contributed by atoms with Crippen LogP contribution in [-0.4, -0.2) is 18.2 Å². The van der Waals surface area contributed by atoms with Crippen molar-refractivity contribution in [1.82, 2.24) is 5.32 Å². The highest BCUT2D eigenvalue weighted by atomic mass is 16.7. The van der Waals surface area contributed by atoms with Crippen LogP contribution in [0, 0.1) is 12.3 Å². The Morgan fingerprint density at radius 3 is 2.67 bits per heavy atom. The molecular weight excluding hydrogens is 232 g/mol. The molecule has 1 aliphatic rings. The van der Waals surface area contributed by atoms with E-state index in [0.29, 0.717) is 22.7 Å². The second-order valence-corrected chi connectivity index (χ2v) is 4.52. The molecular formula is C13H14N2O3. The maximum atomic E-state index is 12.1. The van der Waals surface area contributed by atoms with E-state index < -0.39 is 5.54 Å². The Morgan fingerprint density at radius 2 is 2.06 bits per heavy atom. The quantitative estimate of drug-likeness (QED) is 0.606. The van der Waals surface area contributed by atoms with Crippen LogP contribution < -0.4 is 20.5 Å². The summed E-state index contributed by atoms with van der Waals surface area (Å²) in [6, 6.07) is 3.12. The number of rotatable bonds is 2. The minimum absolute atomic E-state index is 0.135. The number of hydrogen-bond donors (Lipinski definition) is 2. The monoisotopic (exact) mass is 246 g/mol. The van der Waals surface area contributed by atoms with Gasteiger partial charge in [0.05, 0.1) is 11.1 Å². The van der Waals surface area contributed by atoms with Crippen molar-refractivity contribution in [2.45, 2.75) is 19.4 Å². The lowest BCUT2D eigenvalue weighted by molar-refractivity contribution is 0.0930. The molecule has 0 fully saturated rings.